The molecule has 1 aliphatic rings. The zero-order valence-electron chi connectivity index (χ0n) is 10.3. The van der Waals surface area contributed by atoms with Crippen molar-refractivity contribution >= 4 is 17.2 Å². The lowest BCUT2D eigenvalue weighted by molar-refractivity contribution is 0.0371. The van der Waals surface area contributed by atoms with Crippen LogP contribution in [0.1, 0.15) is 20.8 Å². The molecule has 0 bridgehead atoms. The fraction of sp³-hybridized carbons (Fsp3) is 0.909. The Hall–Kier alpha value is -0.190. The van der Waals surface area contributed by atoms with Crippen molar-refractivity contribution in [2.45, 2.75) is 26.3 Å². The summed E-state index contributed by atoms with van der Waals surface area (Å²) in [5.41, 5.74) is 5.90. The first-order valence-electron chi connectivity index (χ1n) is 5.56. The highest BCUT2D eigenvalue weighted by Crippen LogP contribution is 2.19. The molecule has 15 heavy (non-hydrogen) atoms. The summed E-state index contributed by atoms with van der Waals surface area (Å²) in [4.78, 5) is 5.51. The fourth-order valence-electron chi connectivity index (χ4n) is 1.97. The Labute approximate surface area is 98.6 Å². The minimum atomic E-state index is 0.258. The van der Waals surface area contributed by atoms with Crippen LogP contribution in [-0.2, 0) is 0 Å². The highest BCUT2D eigenvalue weighted by atomic mass is 32.1. The molecule has 0 amide bonds. The van der Waals surface area contributed by atoms with Gasteiger partial charge in [0, 0.05) is 37.6 Å². The minimum absolute atomic E-state index is 0.258. The van der Waals surface area contributed by atoms with Crippen molar-refractivity contribution in [2.24, 2.45) is 11.7 Å². The SMILES string of the molecule is CC(CN1CCN(C)C(C)(C)C1)C(N)=S. The van der Waals surface area contributed by atoms with E-state index in [0.717, 1.165) is 26.2 Å². The summed E-state index contributed by atoms with van der Waals surface area (Å²) in [6.07, 6.45) is 0. The van der Waals surface area contributed by atoms with Crippen molar-refractivity contribution in [1.29, 1.82) is 0 Å². The van der Waals surface area contributed by atoms with E-state index in [1.165, 1.54) is 0 Å². The van der Waals surface area contributed by atoms with Gasteiger partial charge in [-0.25, -0.2) is 0 Å². The standard InChI is InChI=1S/C11H23N3S/c1-9(10(12)15)7-14-6-5-13(4)11(2,3)8-14/h9H,5-8H2,1-4H3,(H2,12,15). The van der Waals surface area contributed by atoms with E-state index in [9.17, 15) is 0 Å². The molecular weight excluding hydrogens is 206 g/mol. The van der Waals surface area contributed by atoms with E-state index >= 15 is 0 Å². The Balaban J connectivity index is 2.49. The summed E-state index contributed by atoms with van der Waals surface area (Å²) in [5.74, 6) is 0.319. The molecule has 1 unspecified atom stereocenters. The third-order valence-electron chi connectivity index (χ3n) is 3.41. The normalized spacial score (nSPS) is 25.1. The fourth-order valence-corrected chi connectivity index (χ4v) is 2.05. The van der Waals surface area contributed by atoms with Crippen molar-refractivity contribution in [2.75, 3.05) is 33.2 Å². The summed E-state index contributed by atoms with van der Waals surface area (Å²) < 4.78 is 0. The van der Waals surface area contributed by atoms with Crippen molar-refractivity contribution in [3.8, 4) is 0 Å². The van der Waals surface area contributed by atoms with Crippen molar-refractivity contribution in [3.63, 3.8) is 0 Å². The van der Waals surface area contributed by atoms with Crippen LogP contribution >= 0.6 is 12.2 Å². The van der Waals surface area contributed by atoms with E-state index in [4.69, 9.17) is 18.0 Å². The van der Waals surface area contributed by atoms with Gasteiger partial charge in [-0.3, -0.25) is 9.80 Å². The highest BCUT2D eigenvalue weighted by Gasteiger charge is 2.31. The second-order valence-electron chi connectivity index (χ2n) is 5.27. The van der Waals surface area contributed by atoms with Crippen molar-refractivity contribution in [1.82, 2.24) is 9.80 Å². The average Bonchev–Trinajstić information content (AvgIpc) is 2.10. The molecule has 88 valence electrons. The molecule has 1 atom stereocenters. The van der Waals surface area contributed by atoms with Crippen LogP contribution in [0.5, 0.6) is 0 Å². The number of hydrogen-bond donors (Lipinski definition) is 1. The molecule has 0 aromatic carbocycles. The predicted octanol–water partition coefficient (Wildman–Crippen LogP) is 0.935. The topological polar surface area (TPSA) is 32.5 Å². The van der Waals surface area contributed by atoms with Crippen LogP contribution in [0.25, 0.3) is 0 Å². The maximum atomic E-state index is 5.64. The highest BCUT2D eigenvalue weighted by molar-refractivity contribution is 7.80. The Kier molecular flexibility index (Phi) is 4.09. The monoisotopic (exact) mass is 229 g/mol. The molecule has 3 nitrogen and oxygen atoms in total. The minimum Gasteiger partial charge on any atom is -0.393 e. The van der Waals surface area contributed by atoms with Crippen LogP contribution in [0, 0.1) is 5.92 Å². The van der Waals surface area contributed by atoms with Gasteiger partial charge in [-0.2, -0.15) is 0 Å². The molecule has 0 aliphatic carbocycles. The molecule has 1 saturated heterocycles. The van der Waals surface area contributed by atoms with Crippen LogP contribution in [-0.4, -0.2) is 53.6 Å². The van der Waals surface area contributed by atoms with Gasteiger partial charge in [0.15, 0.2) is 0 Å². The van der Waals surface area contributed by atoms with Gasteiger partial charge < -0.3 is 5.73 Å². The summed E-state index contributed by atoms with van der Waals surface area (Å²) in [6.45, 7) is 11.0. The molecule has 0 aromatic rings. The third-order valence-corrected chi connectivity index (χ3v) is 3.82. The van der Waals surface area contributed by atoms with E-state index in [1.807, 2.05) is 0 Å². The summed E-state index contributed by atoms with van der Waals surface area (Å²) in [5, 5.41) is 0. The molecule has 0 aromatic heterocycles. The molecule has 1 aliphatic heterocycles. The molecule has 0 saturated carbocycles. The molecule has 4 heteroatoms. The lowest BCUT2D eigenvalue weighted by Gasteiger charge is -2.46. The Morgan fingerprint density at radius 2 is 2.07 bits per heavy atom. The Morgan fingerprint density at radius 1 is 1.47 bits per heavy atom. The first-order chi connectivity index (χ1) is 6.83. The third kappa shape index (κ3) is 3.40. The summed E-state index contributed by atoms with van der Waals surface area (Å²) in [7, 11) is 2.19. The van der Waals surface area contributed by atoms with E-state index in [0.29, 0.717) is 10.9 Å². The summed E-state index contributed by atoms with van der Waals surface area (Å²) >= 11 is 5.01. The summed E-state index contributed by atoms with van der Waals surface area (Å²) in [6, 6.07) is 0. The maximum Gasteiger partial charge on any atom is 0.0768 e. The van der Waals surface area contributed by atoms with Gasteiger partial charge in [0.2, 0.25) is 0 Å². The van der Waals surface area contributed by atoms with Crippen LogP contribution in [0.3, 0.4) is 0 Å². The molecule has 2 N–H and O–H groups in total. The van der Waals surface area contributed by atoms with Gasteiger partial charge in [-0.05, 0) is 20.9 Å². The maximum absolute atomic E-state index is 5.64. The molecule has 0 spiro atoms. The first-order valence-corrected chi connectivity index (χ1v) is 5.96. The number of hydrogen-bond acceptors (Lipinski definition) is 3. The zero-order chi connectivity index (χ0) is 11.6. The van der Waals surface area contributed by atoms with E-state index in [-0.39, 0.29) is 5.54 Å². The van der Waals surface area contributed by atoms with Gasteiger partial charge >= 0.3 is 0 Å². The van der Waals surface area contributed by atoms with Crippen molar-refractivity contribution in [3.05, 3.63) is 0 Å². The lowest BCUT2D eigenvalue weighted by Crippen LogP contribution is -2.58. The average molecular weight is 229 g/mol. The van der Waals surface area contributed by atoms with Crippen molar-refractivity contribution < 1.29 is 0 Å². The largest absolute Gasteiger partial charge is 0.393 e. The van der Waals surface area contributed by atoms with E-state index in [2.05, 4.69) is 37.6 Å². The number of nitrogens with zero attached hydrogens (tertiary/aromatic N) is 2. The number of likely N-dealkylation sites (N-methyl/N-ethyl adjacent to an activating group) is 1. The van der Waals surface area contributed by atoms with Gasteiger partial charge in [-0.1, -0.05) is 19.1 Å². The predicted molar refractivity (Wildman–Crippen MR) is 69.1 cm³/mol. The molecule has 0 radical (unpaired) electrons. The van der Waals surface area contributed by atoms with Gasteiger partial charge in [0.25, 0.3) is 0 Å². The smallest absolute Gasteiger partial charge is 0.0768 e. The van der Waals surface area contributed by atoms with Crippen LogP contribution in [0.2, 0.25) is 0 Å². The number of thiocarbonyl (C=S) groups is 1. The van der Waals surface area contributed by atoms with E-state index < -0.39 is 0 Å². The zero-order valence-corrected chi connectivity index (χ0v) is 11.1. The van der Waals surface area contributed by atoms with Crippen LogP contribution in [0.15, 0.2) is 0 Å². The van der Waals surface area contributed by atoms with Gasteiger partial charge in [-0.15, -0.1) is 0 Å². The second kappa shape index (κ2) is 4.76. The molecule has 1 rings (SSSR count). The van der Waals surface area contributed by atoms with Gasteiger partial charge in [0.1, 0.15) is 0 Å². The number of piperazine rings is 1. The quantitative estimate of drug-likeness (QED) is 0.730. The second-order valence-corrected chi connectivity index (χ2v) is 5.74. The lowest BCUT2D eigenvalue weighted by atomic mass is 9.99. The molecular formula is C11H23N3S. The number of rotatable bonds is 3. The van der Waals surface area contributed by atoms with Gasteiger partial charge in [0.05, 0.1) is 4.99 Å². The molecule has 1 fully saturated rings. The Morgan fingerprint density at radius 3 is 2.53 bits per heavy atom. The molecule has 1 heterocycles. The van der Waals surface area contributed by atoms with Crippen LogP contribution < -0.4 is 5.73 Å². The van der Waals surface area contributed by atoms with E-state index in [1.54, 1.807) is 0 Å². The number of nitrogens with two attached hydrogens (primary N) is 1. The first kappa shape index (κ1) is 12.9. The Bertz CT molecular complexity index is 240. The van der Waals surface area contributed by atoms with Crippen LogP contribution in [0.4, 0.5) is 0 Å².